The third-order valence-corrected chi connectivity index (χ3v) is 4.22. The second-order valence-electron chi connectivity index (χ2n) is 5.50. The largest absolute Gasteiger partial charge is 0.465 e. The minimum atomic E-state index is -0.339. The predicted molar refractivity (Wildman–Crippen MR) is 78.9 cm³/mol. The van der Waals surface area contributed by atoms with Gasteiger partial charge in [0.25, 0.3) is 0 Å². The molecule has 5 nitrogen and oxygen atoms in total. The Morgan fingerprint density at radius 1 is 1.55 bits per heavy atom. The van der Waals surface area contributed by atoms with Gasteiger partial charge in [-0.3, -0.25) is 0 Å². The Labute approximate surface area is 120 Å². The molecule has 1 aromatic heterocycles. The number of piperidine rings is 1. The number of nitrogens with zero attached hydrogens (tertiary/aromatic N) is 2. The van der Waals surface area contributed by atoms with Crippen LogP contribution < -0.4 is 10.6 Å². The van der Waals surface area contributed by atoms with Gasteiger partial charge in [0, 0.05) is 13.1 Å². The molecule has 1 aromatic rings. The van der Waals surface area contributed by atoms with Gasteiger partial charge in [0.15, 0.2) is 0 Å². The molecule has 1 saturated heterocycles. The van der Waals surface area contributed by atoms with Crippen LogP contribution in [-0.4, -0.2) is 37.7 Å². The lowest BCUT2D eigenvalue weighted by Crippen LogP contribution is -2.43. The lowest BCUT2D eigenvalue weighted by atomic mass is 9.87. The van der Waals surface area contributed by atoms with Gasteiger partial charge in [-0.1, -0.05) is 6.92 Å². The maximum absolute atomic E-state index is 11.6. The van der Waals surface area contributed by atoms with E-state index in [2.05, 4.69) is 16.8 Å². The second-order valence-corrected chi connectivity index (χ2v) is 5.50. The number of aromatic nitrogens is 1. The van der Waals surface area contributed by atoms with E-state index in [4.69, 9.17) is 10.5 Å². The first-order chi connectivity index (χ1) is 9.56. The molecule has 0 spiro atoms. The number of carbonyl (C=O) groups is 1. The third-order valence-electron chi connectivity index (χ3n) is 4.22. The van der Waals surface area contributed by atoms with Gasteiger partial charge in [0.2, 0.25) is 0 Å². The maximum Gasteiger partial charge on any atom is 0.339 e. The summed E-state index contributed by atoms with van der Waals surface area (Å²) in [6, 6.07) is 3.68. The Kier molecular flexibility index (Phi) is 4.60. The molecule has 0 saturated carbocycles. The fraction of sp³-hybridized carbons (Fsp3) is 0.600. The topological polar surface area (TPSA) is 68.5 Å². The highest BCUT2D eigenvalue weighted by Crippen LogP contribution is 2.26. The minimum absolute atomic E-state index is 0.339. The predicted octanol–water partition coefficient (Wildman–Crippen LogP) is 1.60. The van der Waals surface area contributed by atoms with Gasteiger partial charge in [0.05, 0.1) is 18.4 Å². The van der Waals surface area contributed by atoms with Crippen molar-refractivity contribution in [3.05, 3.63) is 23.4 Å². The first-order valence-electron chi connectivity index (χ1n) is 7.07. The fourth-order valence-corrected chi connectivity index (χ4v) is 2.71. The average Bonchev–Trinajstić information content (AvgIpc) is 2.47. The van der Waals surface area contributed by atoms with E-state index >= 15 is 0 Å². The molecule has 0 amide bonds. The van der Waals surface area contributed by atoms with Crippen LogP contribution in [-0.2, 0) is 4.74 Å². The van der Waals surface area contributed by atoms with Crippen molar-refractivity contribution in [3.63, 3.8) is 0 Å². The van der Waals surface area contributed by atoms with E-state index < -0.39 is 0 Å². The van der Waals surface area contributed by atoms with Crippen molar-refractivity contribution >= 4 is 11.8 Å². The molecule has 2 atom stereocenters. The van der Waals surface area contributed by atoms with Crippen molar-refractivity contribution in [3.8, 4) is 0 Å². The quantitative estimate of drug-likeness (QED) is 0.850. The minimum Gasteiger partial charge on any atom is -0.465 e. The highest BCUT2D eigenvalue weighted by atomic mass is 16.5. The number of nitrogens with two attached hydrogens (primary N) is 1. The smallest absolute Gasteiger partial charge is 0.339 e. The van der Waals surface area contributed by atoms with E-state index in [-0.39, 0.29) is 5.97 Å². The van der Waals surface area contributed by atoms with Crippen LogP contribution >= 0.6 is 0 Å². The van der Waals surface area contributed by atoms with Gasteiger partial charge in [0.1, 0.15) is 5.82 Å². The van der Waals surface area contributed by atoms with E-state index in [0.717, 1.165) is 25.3 Å². The number of rotatable bonds is 3. The Morgan fingerprint density at radius 3 is 2.90 bits per heavy atom. The van der Waals surface area contributed by atoms with Gasteiger partial charge in [-0.05, 0) is 43.9 Å². The van der Waals surface area contributed by atoms with E-state index in [9.17, 15) is 4.79 Å². The second kappa shape index (κ2) is 6.22. The number of carbonyl (C=O) groups excluding carboxylic acids is 1. The van der Waals surface area contributed by atoms with E-state index in [1.54, 1.807) is 6.07 Å². The zero-order chi connectivity index (χ0) is 14.7. The molecule has 0 bridgehead atoms. The lowest BCUT2D eigenvalue weighted by Gasteiger charge is -2.37. The molecule has 1 fully saturated rings. The number of anilines is 1. The molecule has 20 heavy (non-hydrogen) atoms. The number of hydrogen-bond donors (Lipinski definition) is 1. The SMILES string of the molecule is COC(=O)c1ccc(N2CCC(C)C(CN)C2)nc1C. The molecule has 2 unspecified atom stereocenters. The van der Waals surface area contributed by atoms with Crippen molar-refractivity contribution in [1.82, 2.24) is 4.98 Å². The molecule has 2 N–H and O–H groups in total. The van der Waals surface area contributed by atoms with Crippen LogP contribution in [0.5, 0.6) is 0 Å². The van der Waals surface area contributed by atoms with Crippen LogP contribution in [0, 0.1) is 18.8 Å². The molecule has 1 aliphatic rings. The molecule has 0 radical (unpaired) electrons. The maximum atomic E-state index is 11.6. The van der Waals surface area contributed by atoms with E-state index in [1.165, 1.54) is 7.11 Å². The molecule has 0 aromatic carbocycles. The van der Waals surface area contributed by atoms with Crippen LogP contribution in [0.25, 0.3) is 0 Å². The molecule has 2 heterocycles. The first-order valence-corrected chi connectivity index (χ1v) is 7.07. The summed E-state index contributed by atoms with van der Waals surface area (Å²) in [6.07, 6.45) is 1.13. The van der Waals surface area contributed by atoms with Gasteiger partial charge in [-0.25, -0.2) is 9.78 Å². The normalized spacial score (nSPS) is 22.7. The molecule has 5 heteroatoms. The Hall–Kier alpha value is -1.62. The number of aryl methyl sites for hydroxylation is 1. The average molecular weight is 277 g/mol. The van der Waals surface area contributed by atoms with Crippen molar-refractivity contribution in [1.29, 1.82) is 0 Å². The molecule has 110 valence electrons. The van der Waals surface area contributed by atoms with Crippen molar-refractivity contribution in [2.45, 2.75) is 20.3 Å². The van der Waals surface area contributed by atoms with Crippen molar-refractivity contribution in [2.24, 2.45) is 17.6 Å². The van der Waals surface area contributed by atoms with Crippen LogP contribution in [0.4, 0.5) is 5.82 Å². The summed E-state index contributed by atoms with van der Waals surface area (Å²) in [4.78, 5) is 18.4. The van der Waals surface area contributed by atoms with Gasteiger partial charge in [-0.2, -0.15) is 0 Å². The van der Waals surface area contributed by atoms with Crippen LogP contribution in [0.2, 0.25) is 0 Å². The van der Waals surface area contributed by atoms with Gasteiger partial charge >= 0.3 is 5.97 Å². The number of ether oxygens (including phenoxy) is 1. The summed E-state index contributed by atoms with van der Waals surface area (Å²) in [5.41, 5.74) is 7.07. The molecule has 0 aliphatic carbocycles. The highest BCUT2D eigenvalue weighted by molar-refractivity contribution is 5.90. The monoisotopic (exact) mass is 277 g/mol. The molecular formula is C15H23N3O2. The Bertz CT molecular complexity index is 490. The summed E-state index contributed by atoms with van der Waals surface area (Å²) in [5, 5.41) is 0. The molecular weight excluding hydrogens is 254 g/mol. The van der Waals surface area contributed by atoms with Gasteiger partial charge < -0.3 is 15.4 Å². The van der Waals surface area contributed by atoms with E-state index in [1.807, 2.05) is 13.0 Å². The fourth-order valence-electron chi connectivity index (χ4n) is 2.71. The lowest BCUT2D eigenvalue weighted by molar-refractivity contribution is 0.0599. The number of hydrogen-bond acceptors (Lipinski definition) is 5. The van der Waals surface area contributed by atoms with Crippen LogP contribution in [0.15, 0.2) is 12.1 Å². The van der Waals surface area contributed by atoms with Crippen LogP contribution in [0.1, 0.15) is 29.4 Å². The summed E-state index contributed by atoms with van der Waals surface area (Å²) in [6.45, 7) is 6.72. The van der Waals surface area contributed by atoms with Crippen LogP contribution in [0.3, 0.4) is 0 Å². The Morgan fingerprint density at radius 2 is 2.30 bits per heavy atom. The summed E-state index contributed by atoms with van der Waals surface area (Å²) < 4.78 is 4.74. The zero-order valence-electron chi connectivity index (χ0n) is 12.4. The Balaban J connectivity index is 2.17. The first kappa shape index (κ1) is 14.8. The number of pyridine rings is 1. The third kappa shape index (κ3) is 2.93. The molecule has 1 aliphatic heterocycles. The summed E-state index contributed by atoms with van der Waals surface area (Å²) >= 11 is 0. The zero-order valence-corrected chi connectivity index (χ0v) is 12.4. The summed E-state index contributed by atoms with van der Waals surface area (Å²) in [5.74, 6) is 1.74. The molecule has 2 rings (SSSR count). The number of esters is 1. The van der Waals surface area contributed by atoms with Crippen molar-refractivity contribution in [2.75, 3.05) is 31.6 Å². The standard InChI is InChI=1S/C15H23N3O2/c1-10-6-7-18(9-12(10)8-16)14-5-4-13(11(2)17-14)15(19)20-3/h4-5,10,12H,6-9,16H2,1-3H3. The van der Waals surface area contributed by atoms with Crippen molar-refractivity contribution < 1.29 is 9.53 Å². The van der Waals surface area contributed by atoms with Gasteiger partial charge in [-0.15, -0.1) is 0 Å². The highest BCUT2D eigenvalue weighted by Gasteiger charge is 2.26. The van der Waals surface area contributed by atoms with E-state index in [0.29, 0.717) is 29.6 Å². The summed E-state index contributed by atoms with van der Waals surface area (Å²) in [7, 11) is 1.38. The number of methoxy groups -OCH3 is 1.